The highest BCUT2D eigenvalue weighted by molar-refractivity contribution is 7.11. The molecule has 7 heteroatoms. The molecule has 1 aromatic heterocycles. The molecule has 0 saturated carbocycles. The molecule has 0 radical (unpaired) electrons. The zero-order chi connectivity index (χ0) is 16.6. The lowest BCUT2D eigenvalue weighted by Gasteiger charge is -2.20. The van der Waals surface area contributed by atoms with Gasteiger partial charge in [-0.15, -0.1) is 11.3 Å². The fraction of sp³-hybridized carbons (Fsp3) is 0.312. The van der Waals surface area contributed by atoms with Gasteiger partial charge < -0.3 is 10.2 Å². The van der Waals surface area contributed by atoms with Crippen molar-refractivity contribution in [3.8, 4) is 0 Å². The number of rotatable bonds is 3. The lowest BCUT2D eigenvalue weighted by molar-refractivity contribution is -0.117. The Balaban J connectivity index is 1.93. The number of aryl methyl sites for hydroxylation is 2. The Morgan fingerprint density at radius 3 is 2.78 bits per heavy atom. The van der Waals surface area contributed by atoms with Crippen molar-refractivity contribution in [1.29, 1.82) is 0 Å². The minimum absolute atomic E-state index is 0.0588. The number of hydrogen-bond donors (Lipinski definition) is 1. The van der Waals surface area contributed by atoms with Gasteiger partial charge in [0, 0.05) is 22.9 Å². The predicted octanol–water partition coefficient (Wildman–Crippen LogP) is 3.79. The van der Waals surface area contributed by atoms with Gasteiger partial charge in [-0.3, -0.25) is 9.59 Å². The molecule has 1 saturated heterocycles. The molecule has 23 heavy (non-hydrogen) atoms. The van der Waals surface area contributed by atoms with Crippen LogP contribution in [-0.2, 0) is 4.79 Å². The summed E-state index contributed by atoms with van der Waals surface area (Å²) >= 11 is 7.54. The van der Waals surface area contributed by atoms with E-state index in [1.807, 2.05) is 13.8 Å². The number of amides is 2. The Bertz CT molecular complexity index is 788. The van der Waals surface area contributed by atoms with Crippen LogP contribution in [0.5, 0.6) is 0 Å². The zero-order valence-corrected chi connectivity index (χ0v) is 14.4. The first-order chi connectivity index (χ1) is 11.0. The molecule has 0 unspecified atom stereocenters. The molecule has 0 aliphatic carbocycles. The number of benzene rings is 1. The van der Waals surface area contributed by atoms with Gasteiger partial charge in [0.05, 0.1) is 16.4 Å². The van der Waals surface area contributed by atoms with Gasteiger partial charge in [0.2, 0.25) is 5.91 Å². The van der Waals surface area contributed by atoms with Crippen LogP contribution in [0.2, 0.25) is 5.02 Å². The van der Waals surface area contributed by atoms with Crippen LogP contribution in [-0.4, -0.2) is 23.3 Å². The average Bonchev–Trinajstić information content (AvgIpc) is 3.05. The van der Waals surface area contributed by atoms with Gasteiger partial charge in [-0.25, -0.2) is 4.98 Å². The normalized spacial score (nSPS) is 14.4. The van der Waals surface area contributed by atoms with E-state index in [1.165, 1.54) is 11.3 Å². The summed E-state index contributed by atoms with van der Waals surface area (Å²) in [7, 11) is 0. The van der Waals surface area contributed by atoms with Crippen LogP contribution >= 0.6 is 22.9 Å². The third kappa shape index (κ3) is 3.23. The summed E-state index contributed by atoms with van der Waals surface area (Å²) in [4.78, 5) is 31.3. The van der Waals surface area contributed by atoms with Crippen LogP contribution in [0.1, 0.15) is 33.2 Å². The molecule has 120 valence electrons. The largest absolute Gasteiger partial charge is 0.319 e. The van der Waals surface area contributed by atoms with Crippen LogP contribution in [0.4, 0.5) is 11.4 Å². The van der Waals surface area contributed by atoms with E-state index in [-0.39, 0.29) is 11.8 Å². The molecule has 0 atom stereocenters. The molecular formula is C16H16ClN3O2S. The van der Waals surface area contributed by atoms with Gasteiger partial charge in [-0.2, -0.15) is 0 Å². The molecule has 2 aromatic rings. The molecule has 1 aliphatic rings. The number of aromatic nitrogens is 1. The maximum Gasteiger partial charge on any atom is 0.275 e. The number of halogens is 1. The summed E-state index contributed by atoms with van der Waals surface area (Å²) in [6.07, 6.45) is 1.35. The van der Waals surface area contributed by atoms with Gasteiger partial charge >= 0.3 is 0 Å². The Hall–Kier alpha value is -1.92. The second-order valence-electron chi connectivity index (χ2n) is 5.40. The monoisotopic (exact) mass is 349 g/mol. The molecule has 1 aliphatic heterocycles. The van der Waals surface area contributed by atoms with Gasteiger partial charge in [0.15, 0.2) is 0 Å². The minimum Gasteiger partial charge on any atom is -0.319 e. The topological polar surface area (TPSA) is 62.3 Å². The van der Waals surface area contributed by atoms with Crippen LogP contribution in [0.15, 0.2) is 18.2 Å². The number of carbonyl (C=O) groups is 2. The first-order valence-corrected chi connectivity index (χ1v) is 8.50. The zero-order valence-electron chi connectivity index (χ0n) is 12.9. The summed E-state index contributed by atoms with van der Waals surface area (Å²) in [5.74, 6) is -0.231. The molecule has 0 bridgehead atoms. The highest BCUT2D eigenvalue weighted by Gasteiger charge is 2.25. The third-order valence-electron chi connectivity index (χ3n) is 3.69. The molecule has 5 nitrogen and oxygen atoms in total. The lowest BCUT2D eigenvalue weighted by Crippen LogP contribution is -2.25. The van der Waals surface area contributed by atoms with E-state index in [2.05, 4.69) is 10.3 Å². The number of nitrogens with one attached hydrogen (secondary N) is 1. The highest BCUT2D eigenvalue weighted by Crippen LogP contribution is 2.32. The number of anilines is 2. The summed E-state index contributed by atoms with van der Waals surface area (Å²) in [6.45, 7) is 4.38. The number of carbonyl (C=O) groups excluding carboxylic acids is 2. The highest BCUT2D eigenvalue weighted by atomic mass is 35.5. The first-order valence-electron chi connectivity index (χ1n) is 7.31. The van der Waals surface area contributed by atoms with Crippen molar-refractivity contribution in [3.05, 3.63) is 38.8 Å². The molecule has 3 rings (SSSR count). The summed E-state index contributed by atoms with van der Waals surface area (Å²) in [6, 6.07) is 5.14. The average molecular weight is 350 g/mol. The maximum atomic E-state index is 12.5. The van der Waals surface area contributed by atoms with E-state index in [9.17, 15) is 9.59 Å². The van der Waals surface area contributed by atoms with E-state index in [4.69, 9.17) is 11.6 Å². The molecular weight excluding hydrogens is 334 g/mol. The smallest absolute Gasteiger partial charge is 0.275 e. The fourth-order valence-corrected chi connectivity index (χ4v) is 3.65. The summed E-state index contributed by atoms with van der Waals surface area (Å²) in [5, 5.41) is 4.19. The van der Waals surface area contributed by atoms with Crippen molar-refractivity contribution in [2.45, 2.75) is 26.7 Å². The molecule has 1 aromatic carbocycles. The first kappa shape index (κ1) is 16.0. The SMILES string of the molecule is Cc1nc(C(=O)Nc2cc(Cl)ccc2N2CCCC2=O)c(C)s1. The van der Waals surface area contributed by atoms with Gasteiger partial charge in [0.1, 0.15) is 5.69 Å². The van der Waals surface area contributed by atoms with Crippen LogP contribution in [0.25, 0.3) is 0 Å². The lowest BCUT2D eigenvalue weighted by atomic mass is 10.2. The van der Waals surface area contributed by atoms with Crippen molar-refractivity contribution >= 4 is 46.1 Å². The summed E-state index contributed by atoms with van der Waals surface area (Å²) in [5.41, 5.74) is 1.61. The van der Waals surface area contributed by atoms with Gasteiger partial charge in [-0.1, -0.05) is 11.6 Å². The van der Waals surface area contributed by atoms with Crippen molar-refractivity contribution < 1.29 is 9.59 Å². The van der Waals surface area contributed by atoms with E-state index in [1.54, 1.807) is 23.1 Å². The Morgan fingerprint density at radius 2 is 2.17 bits per heavy atom. The summed E-state index contributed by atoms with van der Waals surface area (Å²) < 4.78 is 0. The third-order valence-corrected chi connectivity index (χ3v) is 4.81. The molecule has 2 amide bonds. The standard InChI is InChI=1S/C16H16ClN3O2S/c1-9-15(18-10(2)23-9)16(22)19-12-8-11(17)5-6-13(12)20-7-3-4-14(20)21/h5-6,8H,3-4,7H2,1-2H3,(H,19,22). The Labute approximate surface area is 143 Å². The van der Waals surface area contributed by atoms with E-state index < -0.39 is 0 Å². The molecule has 0 spiro atoms. The Kier molecular flexibility index (Phi) is 4.37. The molecule has 1 N–H and O–H groups in total. The van der Waals surface area contributed by atoms with Crippen LogP contribution < -0.4 is 10.2 Å². The van der Waals surface area contributed by atoms with Crippen molar-refractivity contribution in [2.24, 2.45) is 0 Å². The predicted molar refractivity (Wildman–Crippen MR) is 92.6 cm³/mol. The minimum atomic E-state index is -0.290. The molecule has 2 heterocycles. The van der Waals surface area contributed by atoms with E-state index >= 15 is 0 Å². The number of nitrogens with zero attached hydrogens (tertiary/aromatic N) is 2. The second-order valence-corrected chi connectivity index (χ2v) is 7.25. The van der Waals surface area contributed by atoms with Crippen molar-refractivity contribution in [3.63, 3.8) is 0 Å². The van der Waals surface area contributed by atoms with Crippen molar-refractivity contribution in [1.82, 2.24) is 4.98 Å². The van der Waals surface area contributed by atoms with E-state index in [0.29, 0.717) is 35.1 Å². The Morgan fingerprint density at radius 1 is 1.39 bits per heavy atom. The molecule has 1 fully saturated rings. The van der Waals surface area contributed by atoms with Gasteiger partial charge in [-0.05, 0) is 38.5 Å². The van der Waals surface area contributed by atoms with Crippen LogP contribution in [0, 0.1) is 13.8 Å². The van der Waals surface area contributed by atoms with Crippen LogP contribution in [0.3, 0.4) is 0 Å². The fourth-order valence-electron chi connectivity index (χ4n) is 2.67. The second kappa shape index (κ2) is 6.29. The maximum absolute atomic E-state index is 12.5. The number of hydrogen-bond acceptors (Lipinski definition) is 4. The quantitative estimate of drug-likeness (QED) is 0.916. The van der Waals surface area contributed by atoms with Gasteiger partial charge in [0.25, 0.3) is 5.91 Å². The van der Waals surface area contributed by atoms with Crippen molar-refractivity contribution in [2.75, 3.05) is 16.8 Å². The number of thiazole rings is 1. The van der Waals surface area contributed by atoms with E-state index in [0.717, 1.165) is 16.3 Å².